The van der Waals surface area contributed by atoms with Gasteiger partial charge in [-0.15, -0.1) is 11.3 Å². The van der Waals surface area contributed by atoms with Crippen molar-refractivity contribution in [3.63, 3.8) is 0 Å². The molecule has 0 spiro atoms. The van der Waals surface area contributed by atoms with Gasteiger partial charge in [0.1, 0.15) is 0 Å². The normalized spacial score (nSPS) is 12.6. The summed E-state index contributed by atoms with van der Waals surface area (Å²) in [6, 6.07) is 9.08. The van der Waals surface area contributed by atoms with Gasteiger partial charge < -0.3 is 5.32 Å². The predicted molar refractivity (Wildman–Crippen MR) is 95.6 cm³/mol. The molecule has 0 saturated heterocycles. The van der Waals surface area contributed by atoms with Crippen molar-refractivity contribution in [2.24, 2.45) is 0 Å². The SMILES string of the molecule is CCCNC(Cc1sccc1Br)c1ccc(C)cc1Br. The first-order valence-corrected chi connectivity index (χ1v) is 9.29. The molecular weight excluding hydrogens is 398 g/mol. The Bertz CT molecular complexity index is 565. The quantitative estimate of drug-likeness (QED) is 0.621. The molecule has 0 bridgehead atoms. The van der Waals surface area contributed by atoms with E-state index in [1.54, 1.807) is 0 Å². The van der Waals surface area contributed by atoms with Crippen LogP contribution >= 0.6 is 43.2 Å². The van der Waals surface area contributed by atoms with Crippen LogP contribution in [0.5, 0.6) is 0 Å². The van der Waals surface area contributed by atoms with Gasteiger partial charge in [0.15, 0.2) is 0 Å². The van der Waals surface area contributed by atoms with E-state index >= 15 is 0 Å². The number of benzene rings is 1. The van der Waals surface area contributed by atoms with Crippen molar-refractivity contribution in [1.82, 2.24) is 5.32 Å². The third-order valence-corrected chi connectivity index (χ3v) is 5.89. The van der Waals surface area contributed by atoms with Gasteiger partial charge >= 0.3 is 0 Å². The Balaban J connectivity index is 2.24. The second-order valence-corrected chi connectivity index (χ2v) is 7.64. The highest BCUT2D eigenvalue weighted by Gasteiger charge is 2.16. The second kappa shape index (κ2) is 7.74. The van der Waals surface area contributed by atoms with E-state index < -0.39 is 0 Å². The van der Waals surface area contributed by atoms with Crippen molar-refractivity contribution in [2.75, 3.05) is 6.54 Å². The molecule has 0 fully saturated rings. The summed E-state index contributed by atoms with van der Waals surface area (Å²) >= 11 is 9.16. The van der Waals surface area contributed by atoms with Gasteiger partial charge in [0.05, 0.1) is 0 Å². The Morgan fingerprint density at radius 1 is 1.20 bits per heavy atom. The summed E-state index contributed by atoms with van der Waals surface area (Å²) in [6.07, 6.45) is 2.16. The fourth-order valence-electron chi connectivity index (χ4n) is 2.18. The lowest BCUT2D eigenvalue weighted by Crippen LogP contribution is -2.24. The van der Waals surface area contributed by atoms with Crippen molar-refractivity contribution in [1.29, 1.82) is 0 Å². The molecule has 1 nitrogen and oxygen atoms in total. The van der Waals surface area contributed by atoms with Crippen LogP contribution in [0.15, 0.2) is 38.6 Å². The standard InChI is InChI=1S/C16H19Br2NS/c1-3-7-19-15(10-16-13(17)6-8-20-16)12-5-4-11(2)9-14(12)18/h4-6,8-9,15,19H,3,7,10H2,1-2H3. The van der Waals surface area contributed by atoms with Crippen LogP contribution in [0.2, 0.25) is 0 Å². The largest absolute Gasteiger partial charge is 0.310 e. The van der Waals surface area contributed by atoms with Gasteiger partial charge in [-0.2, -0.15) is 0 Å². The van der Waals surface area contributed by atoms with E-state index in [1.807, 2.05) is 11.3 Å². The maximum Gasteiger partial charge on any atom is 0.0380 e. The zero-order valence-corrected chi connectivity index (χ0v) is 15.7. The number of thiophene rings is 1. The summed E-state index contributed by atoms with van der Waals surface area (Å²) < 4.78 is 2.41. The molecule has 2 aromatic rings. The van der Waals surface area contributed by atoms with Crippen molar-refractivity contribution in [2.45, 2.75) is 32.7 Å². The zero-order chi connectivity index (χ0) is 14.5. The van der Waals surface area contributed by atoms with Crippen LogP contribution < -0.4 is 5.32 Å². The molecule has 0 radical (unpaired) electrons. The monoisotopic (exact) mass is 415 g/mol. The molecule has 0 aliphatic heterocycles. The van der Waals surface area contributed by atoms with Gasteiger partial charge in [-0.05, 0) is 64.5 Å². The Morgan fingerprint density at radius 2 is 2.00 bits per heavy atom. The topological polar surface area (TPSA) is 12.0 Å². The summed E-state index contributed by atoms with van der Waals surface area (Å²) in [7, 11) is 0. The lowest BCUT2D eigenvalue weighted by atomic mass is 10.0. The van der Waals surface area contributed by atoms with Gasteiger partial charge in [0.2, 0.25) is 0 Å². The Morgan fingerprint density at radius 3 is 2.60 bits per heavy atom. The maximum absolute atomic E-state index is 3.71. The molecule has 1 N–H and O–H groups in total. The molecule has 4 heteroatoms. The molecule has 1 atom stereocenters. The number of halogens is 2. The predicted octanol–water partition coefficient (Wildman–Crippen LogP) is 5.86. The number of aryl methyl sites for hydroxylation is 1. The van der Waals surface area contributed by atoms with Crippen LogP contribution in [0, 0.1) is 6.92 Å². The van der Waals surface area contributed by atoms with Crippen molar-refractivity contribution < 1.29 is 0 Å². The van der Waals surface area contributed by atoms with Gasteiger partial charge in [-0.25, -0.2) is 0 Å². The fraction of sp³-hybridized carbons (Fsp3) is 0.375. The average molecular weight is 417 g/mol. The molecule has 0 amide bonds. The summed E-state index contributed by atoms with van der Waals surface area (Å²) in [5.74, 6) is 0. The first-order valence-electron chi connectivity index (χ1n) is 6.83. The third-order valence-electron chi connectivity index (χ3n) is 3.25. The highest BCUT2D eigenvalue weighted by atomic mass is 79.9. The molecule has 0 aliphatic carbocycles. The minimum atomic E-state index is 0.347. The lowest BCUT2D eigenvalue weighted by molar-refractivity contribution is 0.530. The minimum absolute atomic E-state index is 0.347. The Hall–Kier alpha value is -0.160. The highest BCUT2D eigenvalue weighted by molar-refractivity contribution is 9.10. The van der Waals surface area contributed by atoms with Crippen LogP contribution in [-0.2, 0) is 6.42 Å². The van der Waals surface area contributed by atoms with E-state index in [4.69, 9.17) is 0 Å². The lowest BCUT2D eigenvalue weighted by Gasteiger charge is -2.20. The molecule has 2 rings (SSSR count). The van der Waals surface area contributed by atoms with Crippen molar-refractivity contribution in [3.05, 3.63) is 54.6 Å². The van der Waals surface area contributed by atoms with Gasteiger partial charge in [-0.3, -0.25) is 0 Å². The van der Waals surface area contributed by atoms with Crippen LogP contribution in [-0.4, -0.2) is 6.54 Å². The van der Waals surface area contributed by atoms with Crippen LogP contribution in [0.25, 0.3) is 0 Å². The molecule has 1 unspecified atom stereocenters. The van der Waals surface area contributed by atoms with E-state index in [0.29, 0.717) is 6.04 Å². The van der Waals surface area contributed by atoms with Crippen molar-refractivity contribution in [3.8, 4) is 0 Å². The average Bonchev–Trinajstić information content (AvgIpc) is 2.80. The molecule has 108 valence electrons. The fourth-order valence-corrected chi connectivity index (χ4v) is 4.51. The van der Waals surface area contributed by atoms with Crippen LogP contribution in [0.3, 0.4) is 0 Å². The molecule has 1 heterocycles. The molecule has 20 heavy (non-hydrogen) atoms. The number of hydrogen-bond donors (Lipinski definition) is 1. The smallest absolute Gasteiger partial charge is 0.0380 e. The Labute approximate surface area is 142 Å². The third kappa shape index (κ3) is 4.17. The van der Waals surface area contributed by atoms with Crippen LogP contribution in [0.1, 0.15) is 35.4 Å². The summed E-state index contributed by atoms with van der Waals surface area (Å²) in [5, 5.41) is 5.81. The minimum Gasteiger partial charge on any atom is -0.310 e. The van der Waals surface area contributed by atoms with Gasteiger partial charge in [-0.1, -0.05) is 35.0 Å². The van der Waals surface area contributed by atoms with E-state index in [2.05, 4.69) is 80.7 Å². The van der Waals surface area contributed by atoms with E-state index in [0.717, 1.165) is 19.4 Å². The molecule has 1 aromatic carbocycles. The number of hydrogen-bond acceptors (Lipinski definition) is 2. The molecule has 0 aliphatic rings. The summed E-state index contributed by atoms with van der Waals surface area (Å²) in [6.45, 7) is 5.36. The van der Waals surface area contributed by atoms with Crippen LogP contribution in [0.4, 0.5) is 0 Å². The Kier molecular flexibility index (Phi) is 6.27. The van der Waals surface area contributed by atoms with Gasteiger partial charge in [0, 0.05) is 26.3 Å². The second-order valence-electron chi connectivity index (χ2n) is 4.93. The highest BCUT2D eigenvalue weighted by Crippen LogP contribution is 2.31. The zero-order valence-electron chi connectivity index (χ0n) is 11.7. The van der Waals surface area contributed by atoms with E-state index in [1.165, 1.54) is 24.9 Å². The van der Waals surface area contributed by atoms with E-state index in [9.17, 15) is 0 Å². The summed E-state index contributed by atoms with van der Waals surface area (Å²) in [5.41, 5.74) is 2.62. The number of nitrogens with one attached hydrogen (secondary N) is 1. The van der Waals surface area contributed by atoms with Crippen molar-refractivity contribution >= 4 is 43.2 Å². The van der Waals surface area contributed by atoms with E-state index in [-0.39, 0.29) is 0 Å². The maximum atomic E-state index is 3.71. The molecule has 1 aromatic heterocycles. The number of rotatable bonds is 6. The summed E-state index contributed by atoms with van der Waals surface area (Å²) in [4.78, 5) is 1.39. The first kappa shape index (κ1) is 16.2. The van der Waals surface area contributed by atoms with Gasteiger partial charge in [0.25, 0.3) is 0 Å². The molecule has 0 saturated carbocycles. The first-order chi connectivity index (χ1) is 9.61. The molecular formula is C16H19Br2NS.